The summed E-state index contributed by atoms with van der Waals surface area (Å²) < 4.78 is 17.1. The van der Waals surface area contributed by atoms with Crippen molar-refractivity contribution in [1.82, 2.24) is 4.90 Å². The van der Waals surface area contributed by atoms with Crippen LogP contribution in [0, 0.1) is 0 Å². The summed E-state index contributed by atoms with van der Waals surface area (Å²) in [5, 5.41) is 2.75. The van der Waals surface area contributed by atoms with Gasteiger partial charge in [0.15, 0.2) is 6.10 Å². The standard InChI is InChI=1S/C27H28N2O5/c1-2-24-26(30)29(15-16-32-23-11-7-4-8-12-23)18-21-17-22(13-14-25(21)34-24)28-27(31)33-19-20-9-5-3-6-10-20/h3-14,17,24H,2,15-16,18-19H2,1H3,(H,28,31)/t24-/m0/s1. The molecule has 3 aromatic carbocycles. The third kappa shape index (κ3) is 6.07. The Bertz CT molecular complexity index is 1100. The van der Waals surface area contributed by atoms with Crippen LogP contribution in [-0.4, -0.2) is 36.2 Å². The first-order valence-electron chi connectivity index (χ1n) is 11.4. The van der Waals surface area contributed by atoms with Crippen molar-refractivity contribution >= 4 is 17.7 Å². The van der Waals surface area contributed by atoms with Gasteiger partial charge in [0.05, 0.1) is 6.54 Å². The number of nitrogens with one attached hydrogen (secondary N) is 1. The summed E-state index contributed by atoms with van der Waals surface area (Å²) in [4.78, 5) is 27.0. The van der Waals surface area contributed by atoms with Gasteiger partial charge < -0.3 is 19.1 Å². The normalized spacial score (nSPS) is 15.0. The van der Waals surface area contributed by atoms with Crippen molar-refractivity contribution in [1.29, 1.82) is 0 Å². The van der Waals surface area contributed by atoms with Crippen molar-refractivity contribution in [2.24, 2.45) is 0 Å². The van der Waals surface area contributed by atoms with E-state index >= 15 is 0 Å². The summed E-state index contributed by atoms with van der Waals surface area (Å²) in [6.07, 6.45) is -0.554. The molecule has 7 heteroatoms. The van der Waals surface area contributed by atoms with Crippen LogP contribution in [0.5, 0.6) is 11.5 Å². The fourth-order valence-electron chi connectivity index (χ4n) is 3.70. The number of anilines is 1. The number of carbonyl (C=O) groups excluding carboxylic acids is 2. The fraction of sp³-hybridized carbons (Fsp3) is 0.259. The van der Waals surface area contributed by atoms with Crippen molar-refractivity contribution in [2.75, 3.05) is 18.5 Å². The lowest BCUT2D eigenvalue weighted by Crippen LogP contribution is -2.41. The molecule has 1 aliphatic rings. The topological polar surface area (TPSA) is 77.1 Å². The van der Waals surface area contributed by atoms with Crippen LogP contribution in [0.2, 0.25) is 0 Å². The summed E-state index contributed by atoms with van der Waals surface area (Å²) in [6, 6.07) is 24.3. The minimum absolute atomic E-state index is 0.0767. The quantitative estimate of drug-likeness (QED) is 0.511. The Morgan fingerprint density at radius 1 is 1.06 bits per heavy atom. The molecule has 3 aromatic rings. The van der Waals surface area contributed by atoms with Crippen molar-refractivity contribution < 1.29 is 23.8 Å². The van der Waals surface area contributed by atoms with Gasteiger partial charge in [-0.05, 0) is 42.3 Å². The molecule has 1 atom stereocenters. The second-order valence-electron chi connectivity index (χ2n) is 7.95. The lowest BCUT2D eigenvalue weighted by molar-refractivity contribution is -0.138. The highest BCUT2D eigenvalue weighted by Gasteiger charge is 2.30. The first-order valence-corrected chi connectivity index (χ1v) is 11.4. The lowest BCUT2D eigenvalue weighted by Gasteiger charge is -2.23. The molecule has 0 fully saturated rings. The van der Waals surface area contributed by atoms with E-state index in [9.17, 15) is 9.59 Å². The van der Waals surface area contributed by atoms with E-state index in [1.807, 2.05) is 73.7 Å². The van der Waals surface area contributed by atoms with E-state index in [1.54, 1.807) is 17.0 Å². The summed E-state index contributed by atoms with van der Waals surface area (Å²) >= 11 is 0. The van der Waals surface area contributed by atoms with Crippen molar-refractivity contribution in [3.05, 3.63) is 90.0 Å². The van der Waals surface area contributed by atoms with Crippen LogP contribution < -0.4 is 14.8 Å². The fourth-order valence-corrected chi connectivity index (χ4v) is 3.70. The molecule has 0 radical (unpaired) electrons. The van der Waals surface area contributed by atoms with Crippen molar-refractivity contribution in [2.45, 2.75) is 32.6 Å². The molecule has 1 N–H and O–H groups in total. The van der Waals surface area contributed by atoms with Gasteiger partial charge in [-0.3, -0.25) is 10.1 Å². The van der Waals surface area contributed by atoms with Crippen molar-refractivity contribution in [3.8, 4) is 11.5 Å². The molecule has 0 aromatic heterocycles. The number of hydrogen-bond acceptors (Lipinski definition) is 5. The zero-order valence-corrected chi connectivity index (χ0v) is 19.1. The van der Waals surface area contributed by atoms with Crippen LogP contribution in [0.15, 0.2) is 78.9 Å². The number of amides is 2. The maximum atomic E-state index is 13.0. The number of hydrogen-bond donors (Lipinski definition) is 1. The van der Waals surface area contributed by atoms with Crippen LogP contribution in [0.4, 0.5) is 10.5 Å². The number of benzene rings is 3. The molecule has 0 saturated carbocycles. The third-order valence-electron chi connectivity index (χ3n) is 5.48. The maximum Gasteiger partial charge on any atom is 0.411 e. The molecular weight excluding hydrogens is 432 g/mol. The van der Waals surface area contributed by atoms with Gasteiger partial charge in [-0.1, -0.05) is 55.5 Å². The molecule has 1 aliphatic heterocycles. The number of fused-ring (bicyclic) bond motifs is 1. The predicted molar refractivity (Wildman–Crippen MR) is 129 cm³/mol. The summed E-state index contributed by atoms with van der Waals surface area (Å²) in [6.45, 7) is 3.25. The molecule has 0 unspecified atom stereocenters. The Labute approximate surface area is 199 Å². The van der Waals surface area contributed by atoms with Gasteiger partial charge >= 0.3 is 6.09 Å². The molecule has 176 valence electrons. The maximum absolute atomic E-state index is 13.0. The molecule has 1 heterocycles. The highest BCUT2D eigenvalue weighted by Crippen LogP contribution is 2.29. The molecule has 0 saturated heterocycles. The minimum atomic E-state index is -0.562. The zero-order valence-electron chi connectivity index (χ0n) is 19.1. The Morgan fingerprint density at radius 2 is 1.79 bits per heavy atom. The van der Waals surface area contributed by atoms with E-state index in [0.29, 0.717) is 37.6 Å². The van der Waals surface area contributed by atoms with E-state index < -0.39 is 12.2 Å². The van der Waals surface area contributed by atoms with Gasteiger partial charge in [0.2, 0.25) is 0 Å². The molecule has 34 heavy (non-hydrogen) atoms. The first-order chi connectivity index (χ1) is 16.6. The van der Waals surface area contributed by atoms with Crippen molar-refractivity contribution in [3.63, 3.8) is 0 Å². The number of nitrogens with zero attached hydrogens (tertiary/aromatic N) is 1. The number of para-hydroxylation sites is 1. The van der Waals surface area contributed by atoms with E-state index in [0.717, 1.165) is 16.9 Å². The molecule has 0 bridgehead atoms. The van der Waals surface area contributed by atoms with E-state index in [-0.39, 0.29) is 12.5 Å². The van der Waals surface area contributed by atoms with E-state index in [2.05, 4.69) is 5.32 Å². The van der Waals surface area contributed by atoms with Gasteiger partial charge in [-0.2, -0.15) is 0 Å². The van der Waals surface area contributed by atoms with E-state index in [4.69, 9.17) is 14.2 Å². The smallest absolute Gasteiger partial charge is 0.411 e. The summed E-state index contributed by atoms with van der Waals surface area (Å²) in [5.41, 5.74) is 2.29. The summed E-state index contributed by atoms with van der Waals surface area (Å²) in [7, 11) is 0. The molecule has 7 nitrogen and oxygen atoms in total. The number of carbonyl (C=O) groups is 2. The molecule has 4 rings (SSSR count). The molecular formula is C27H28N2O5. The molecule has 0 spiro atoms. The second-order valence-corrected chi connectivity index (χ2v) is 7.95. The van der Waals surface area contributed by atoms with Gasteiger partial charge in [0, 0.05) is 17.8 Å². The van der Waals surface area contributed by atoms with Gasteiger partial charge in [0.25, 0.3) is 5.91 Å². The highest BCUT2D eigenvalue weighted by atomic mass is 16.5. The molecule has 0 aliphatic carbocycles. The third-order valence-corrected chi connectivity index (χ3v) is 5.48. The zero-order chi connectivity index (χ0) is 23.8. The lowest BCUT2D eigenvalue weighted by atomic mass is 10.1. The van der Waals surface area contributed by atoms with E-state index in [1.165, 1.54) is 0 Å². The minimum Gasteiger partial charge on any atom is -0.492 e. The number of ether oxygens (including phenoxy) is 3. The second kappa shape index (κ2) is 11.2. The Morgan fingerprint density at radius 3 is 2.53 bits per heavy atom. The highest BCUT2D eigenvalue weighted by molar-refractivity contribution is 5.85. The first kappa shape index (κ1) is 23.2. The van der Waals surface area contributed by atoms with Gasteiger partial charge in [-0.15, -0.1) is 0 Å². The average Bonchev–Trinajstić information content (AvgIpc) is 3.00. The predicted octanol–water partition coefficient (Wildman–Crippen LogP) is 5.01. The summed E-state index contributed by atoms with van der Waals surface area (Å²) in [5.74, 6) is 1.32. The monoisotopic (exact) mass is 460 g/mol. The van der Waals surface area contributed by atoms with Crippen LogP contribution in [0.3, 0.4) is 0 Å². The largest absolute Gasteiger partial charge is 0.492 e. The van der Waals surface area contributed by atoms with Gasteiger partial charge in [-0.25, -0.2) is 4.79 Å². The number of rotatable bonds is 8. The SMILES string of the molecule is CC[C@@H]1Oc2ccc(NC(=O)OCc3ccccc3)cc2CN(CCOc2ccccc2)C1=O. The Hall–Kier alpha value is -4.00. The average molecular weight is 461 g/mol. The van der Waals surface area contributed by atoms with Crippen LogP contribution in [0.1, 0.15) is 24.5 Å². The Kier molecular flexibility index (Phi) is 7.65. The van der Waals surface area contributed by atoms with Crippen LogP contribution in [0.25, 0.3) is 0 Å². The van der Waals surface area contributed by atoms with Gasteiger partial charge in [0.1, 0.15) is 24.7 Å². The van der Waals surface area contributed by atoms with Crippen LogP contribution in [-0.2, 0) is 22.7 Å². The van der Waals surface area contributed by atoms with Crippen LogP contribution >= 0.6 is 0 Å². The molecule has 2 amide bonds. The Balaban J connectivity index is 1.41.